The minimum atomic E-state index is -4.51. The van der Waals surface area contributed by atoms with E-state index in [9.17, 15) is 18.0 Å². The number of hydrogen-bond acceptors (Lipinski definition) is 4. The molecule has 3 aromatic rings. The second kappa shape index (κ2) is 7.95. The van der Waals surface area contributed by atoms with E-state index in [1.54, 1.807) is 31.2 Å². The summed E-state index contributed by atoms with van der Waals surface area (Å²) < 4.78 is 45.3. The molecule has 1 N–H and O–H groups in total. The SMILES string of the molecule is Cc1cc(C(=O)Nc2cc(C(F)(F)F)ccc2N2CCOCC2)c2ccccc2n1. The number of hydrogen-bond donors (Lipinski definition) is 1. The number of alkyl halides is 3. The molecule has 1 amide bonds. The Bertz CT molecular complexity index is 1090. The Hall–Kier alpha value is -3.13. The molecule has 30 heavy (non-hydrogen) atoms. The molecule has 8 heteroatoms. The summed E-state index contributed by atoms with van der Waals surface area (Å²) in [6.45, 7) is 3.79. The third-order valence-corrected chi connectivity index (χ3v) is 5.01. The molecule has 0 atom stereocenters. The van der Waals surface area contributed by atoms with Crippen LogP contribution in [0.25, 0.3) is 10.9 Å². The van der Waals surface area contributed by atoms with Crippen molar-refractivity contribution in [3.05, 3.63) is 65.4 Å². The maximum absolute atomic E-state index is 13.3. The van der Waals surface area contributed by atoms with Gasteiger partial charge in [-0.1, -0.05) is 18.2 Å². The Kier molecular flexibility index (Phi) is 5.34. The molecule has 0 aliphatic carbocycles. The van der Waals surface area contributed by atoms with Crippen molar-refractivity contribution in [1.29, 1.82) is 0 Å². The summed E-state index contributed by atoms with van der Waals surface area (Å²) in [7, 11) is 0. The number of aromatic nitrogens is 1. The highest BCUT2D eigenvalue weighted by Gasteiger charge is 2.32. The van der Waals surface area contributed by atoms with Crippen LogP contribution in [-0.4, -0.2) is 37.2 Å². The molecule has 0 unspecified atom stereocenters. The van der Waals surface area contributed by atoms with Crippen LogP contribution in [0.3, 0.4) is 0 Å². The molecule has 0 bridgehead atoms. The maximum atomic E-state index is 13.3. The number of carbonyl (C=O) groups excluding carboxylic acids is 1. The van der Waals surface area contributed by atoms with Crippen molar-refractivity contribution in [2.24, 2.45) is 0 Å². The average molecular weight is 415 g/mol. The zero-order valence-electron chi connectivity index (χ0n) is 16.3. The van der Waals surface area contributed by atoms with E-state index >= 15 is 0 Å². The molecule has 2 heterocycles. The van der Waals surface area contributed by atoms with Crippen LogP contribution in [0.15, 0.2) is 48.5 Å². The van der Waals surface area contributed by atoms with E-state index in [-0.39, 0.29) is 5.69 Å². The van der Waals surface area contributed by atoms with Gasteiger partial charge in [-0.3, -0.25) is 9.78 Å². The number of fused-ring (bicyclic) bond motifs is 1. The number of para-hydroxylation sites is 1. The molecule has 2 aromatic carbocycles. The van der Waals surface area contributed by atoms with E-state index in [4.69, 9.17) is 4.74 Å². The molecule has 1 aromatic heterocycles. The van der Waals surface area contributed by atoms with Crippen LogP contribution in [0.5, 0.6) is 0 Å². The van der Waals surface area contributed by atoms with Crippen molar-refractivity contribution in [2.75, 3.05) is 36.5 Å². The van der Waals surface area contributed by atoms with Crippen molar-refractivity contribution >= 4 is 28.2 Å². The van der Waals surface area contributed by atoms with Gasteiger partial charge in [0, 0.05) is 24.2 Å². The molecule has 156 valence electrons. The molecule has 0 saturated carbocycles. The van der Waals surface area contributed by atoms with Gasteiger partial charge in [-0.2, -0.15) is 13.2 Å². The van der Waals surface area contributed by atoms with Crippen molar-refractivity contribution in [3.63, 3.8) is 0 Å². The standard InChI is InChI=1S/C22H20F3N3O2/c1-14-12-17(16-4-2-3-5-18(16)26-14)21(29)27-19-13-15(22(23,24)25)6-7-20(19)28-8-10-30-11-9-28/h2-7,12-13H,8-11H2,1H3,(H,27,29). The Morgan fingerprint density at radius 3 is 2.57 bits per heavy atom. The number of rotatable bonds is 3. The van der Waals surface area contributed by atoms with Gasteiger partial charge in [-0.25, -0.2) is 0 Å². The topological polar surface area (TPSA) is 54.5 Å². The van der Waals surface area contributed by atoms with E-state index in [0.717, 1.165) is 12.1 Å². The van der Waals surface area contributed by atoms with Crippen LogP contribution < -0.4 is 10.2 Å². The Balaban J connectivity index is 1.75. The first kappa shape index (κ1) is 20.2. The van der Waals surface area contributed by atoms with E-state index in [0.29, 0.717) is 54.2 Å². The van der Waals surface area contributed by atoms with Crippen LogP contribution in [0.1, 0.15) is 21.6 Å². The second-order valence-corrected chi connectivity index (χ2v) is 7.11. The molecule has 1 saturated heterocycles. The number of nitrogens with zero attached hydrogens (tertiary/aromatic N) is 2. The van der Waals surface area contributed by atoms with Crippen LogP contribution in [0.4, 0.5) is 24.5 Å². The van der Waals surface area contributed by atoms with Gasteiger partial charge in [0.15, 0.2) is 0 Å². The fourth-order valence-corrected chi connectivity index (χ4v) is 3.58. The summed E-state index contributed by atoms with van der Waals surface area (Å²) in [6, 6.07) is 12.2. The van der Waals surface area contributed by atoms with Gasteiger partial charge < -0.3 is 15.0 Å². The monoisotopic (exact) mass is 415 g/mol. The van der Waals surface area contributed by atoms with Crippen LogP contribution in [0, 0.1) is 6.92 Å². The predicted molar refractivity (Wildman–Crippen MR) is 109 cm³/mol. The maximum Gasteiger partial charge on any atom is 0.416 e. The molecule has 1 fully saturated rings. The largest absolute Gasteiger partial charge is 0.416 e. The molecular formula is C22H20F3N3O2. The lowest BCUT2D eigenvalue weighted by atomic mass is 10.1. The Morgan fingerprint density at radius 1 is 1.10 bits per heavy atom. The number of morpholine rings is 1. The molecule has 0 radical (unpaired) electrons. The van der Waals surface area contributed by atoms with E-state index in [1.807, 2.05) is 11.0 Å². The fourth-order valence-electron chi connectivity index (χ4n) is 3.58. The molecule has 0 spiro atoms. The van der Waals surface area contributed by atoms with Gasteiger partial charge in [0.2, 0.25) is 0 Å². The highest BCUT2D eigenvalue weighted by atomic mass is 19.4. The van der Waals surface area contributed by atoms with Crippen molar-refractivity contribution in [2.45, 2.75) is 13.1 Å². The zero-order valence-corrected chi connectivity index (χ0v) is 16.3. The number of benzene rings is 2. The number of anilines is 2. The quantitative estimate of drug-likeness (QED) is 0.677. The number of carbonyl (C=O) groups is 1. The van der Waals surface area contributed by atoms with E-state index < -0.39 is 17.6 Å². The summed E-state index contributed by atoms with van der Waals surface area (Å²) in [4.78, 5) is 19.4. The molecule has 1 aliphatic heterocycles. The van der Waals surface area contributed by atoms with Crippen molar-refractivity contribution < 1.29 is 22.7 Å². The van der Waals surface area contributed by atoms with Crippen molar-refractivity contribution in [1.82, 2.24) is 4.98 Å². The Labute approximate surface area is 171 Å². The first-order valence-electron chi connectivity index (χ1n) is 9.54. The van der Waals surface area contributed by atoms with Crippen LogP contribution in [-0.2, 0) is 10.9 Å². The molecule has 5 nitrogen and oxygen atoms in total. The van der Waals surface area contributed by atoms with Crippen molar-refractivity contribution in [3.8, 4) is 0 Å². The lowest BCUT2D eigenvalue weighted by molar-refractivity contribution is -0.137. The molecule has 1 aliphatic rings. The highest BCUT2D eigenvalue weighted by Crippen LogP contribution is 2.36. The summed E-state index contributed by atoms with van der Waals surface area (Å²) in [5.74, 6) is -0.481. The van der Waals surface area contributed by atoms with Gasteiger partial charge in [-0.15, -0.1) is 0 Å². The minimum absolute atomic E-state index is 0.121. The number of amides is 1. The summed E-state index contributed by atoms with van der Waals surface area (Å²) >= 11 is 0. The minimum Gasteiger partial charge on any atom is -0.378 e. The number of halogens is 3. The van der Waals surface area contributed by atoms with E-state index in [2.05, 4.69) is 10.3 Å². The first-order valence-corrected chi connectivity index (χ1v) is 9.54. The number of pyridine rings is 1. The summed E-state index contributed by atoms with van der Waals surface area (Å²) in [5.41, 5.74) is 1.51. The molecular weight excluding hydrogens is 395 g/mol. The third kappa shape index (κ3) is 4.09. The highest BCUT2D eigenvalue weighted by molar-refractivity contribution is 6.13. The lowest BCUT2D eigenvalue weighted by Crippen LogP contribution is -2.36. The first-order chi connectivity index (χ1) is 14.3. The second-order valence-electron chi connectivity index (χ2n) is 7.11. The zero-order chi connectivity index (χ0) is 21.3. The predicted octanol–water partition coefficient (Wildman–Crippen LogP) is 4.65. The molecule has 4 rings (SSSR count). The average Bonchev–Trinajstić information content (AvgIpc) is 2.73. The number of aryl methyl sites for hydroxylation is 1. The fraction of sp³-hybridized carbons (Fsp3) is 0.273. The van der Waals surface area contributed by atoms with Gasteiger partial charge in [0.05, 0.1) is 41.2 Å². The third-order valence-electron chi connectivity index (χ3n) is 5.01. The lowest BCUT2D eigenvalue weighted by Gasteiger charge is -2.31. The van der Waals surface area contributed by atoms with E-state index in [1.165, 1.54) is 6.07 Å². The number of ether oxygens (including phenoxy) is 1. The summed E-state index contributed by atoms with van der Waals surface area (Å²) in [6.07, 6.45) is -4.51. The smallest absolute Gasteiger partial charge is 0.378 e. The normalized spacial score (nSPS) is 14.7. The van der Waals surface area contributed by atoms with Gasteiger partial charge in [0.25, 0.3) is 5.91 Å². The van der Waals surface area contributed by atoms with Crippen LogP contribution >= 0.6 is 0 Å². The van der Waals surface area contributed by atoms with Crippen LogP contribution in [0.2, 0.25) is 0 Å². The van der Waals surface area contributed by atoms with Gasteiger partial charge in [-0.05, 0) is 37.3 Å². The van der Waals surface area contributed by atoms with Gasteiger partial charge >= 0.3 is 6.18 Å². The summed E-state index contributed by atoms with van der Waals surface area (Å²) in [5, 5.41) is 3.35. The van der Waals surface area contributed by atoms with Gasteiger partial charge in [0.1, 0.15) is 0 Å². The number of nitrogens with one attached hydrogen (secondary N) is 1. The Morgan fingerprint density at radius 2 is 1.83 bits per heavy atom.